The third kappa shape index (κ3) is 6.91. The zero-order chi connectivity index (χ0) is 37.5. The van der Waals surface area contributed by atoms with E-state index in [9.17, 15) is 28.4 Å². The molecule has 1 unspecified atom stereocenters. The second-order valence-corrected chi connectivity index (χ2v) is 14.6. The lowest BCUT2D eigenvalue weighted by Crippen LogP contribution is -2.54. The van der Waals surface area contributed by atoms with Gasteiger partial charge in [-0.05, 0) is 94.4 Å². The fourth-order valence-electron chi connectivity index (χ4n) is 8.18. The van der Waals surface area contributed by atoms with Crippen molar-refractivity contribution < 1.29 is 28.0 Å². The first-order chi connectivity index (χ1) is 26.1. The van der Waals surface area contributed by atoms with Crippen LogP contribution in [0.25, 0.3) is 11.0 Å². The van der Waals surface area contributed by atoms with E-state index in [1.807, 2.05) is 6.07 Å². The molecule has 280 valence electrons. The number of hydrogen-bond donors (Lipinski definition) is 2. The first-order valence-corrected chi connectivity index (χ1v) is 18.5. The van der Waals surface area contributed by atoms with E-state index in [1.54, 1.807) is 36.4 Å². The largest absolute Gasteiger partial charge is 0.423 e. The molecule has 0 radical (unpaired) electrons. The quantitative estimate of drug-likeness (QED) is 0.188. The van der Waals surface area contributed by atoms with Gasteiger partial charge in [-0.15, -0.1) is 0 Å². The smallest absolute Gasteiger partial charge is 0.336 e. The topological polar surface area (TPSA) is 161 Å². The Morgan fingerprint density at radius 1 is 0.926 bits per heavy atom. The molecule has 4 amide bonds. The van der Waals surface area contributed by atoms with Crippen LogP contribution in [0, 0.1) is 11.7 Å². The highest BCUT2D eigenvalue weighted by atomic mass is 19.1. The molecule has 2 aromatic heterocycles. The third-order valence-electron chi connectivity index (χ3n) is 11.3. The van der Waals surface area contributed by atoms with Gasteiger partial charge in [0.25, 0.3) is 11.8 Å². The second kappa shape index (κ2) is 14.6. The van der Waals surface area contributed by atoms with Crippen molar-refractivity contribution in [2.45, 2.75) is 57.0 Å². The van der Waals surface area contributed by atoms with Crippen molar-refractivity contribution in [1.29, 1.82) is 0 Å². The molecule has 0 bridgehead atoms. The third-order valence-corrected chi connectivity index (χ3v) is 11.3. The molecule has 14 nitrogen and oxygen atoms in total. The second-order valence-electron chi connectivity index (χ2n) is 14.6. The van der Waals surface area contributed by atoms with Gasteiger partial charge < -0.3 is 24.4 Å². The summed E-state index contributed by atoms with van der Waals surface area (Å²) in [5.41, 5.74) is 2.00. The molecular weight excluding hydrogens is 695 g/mol. The van der Waals surface area contributed by atoms with E-state index < -0.39 is 41.1 Å². The van der Waals surface area contributed by atoms with E-state index in [1.165, 1.54) is 12.3 Å². The van der Waals surface area contributed by atoms with Crippen LogP contribution in [0.4, 0.5) is 27.5 Å². The summed E-state index contributed by atoms with van der Waals surface area (Å²) in [6.45, 7) is 3.97. The molecule has 1 atom stereocenters. The Hall–Kier alpha value is -5.70. The van der Waals surface area contributed by atoms with E-state index in [-0.39, 0.29) is 18.7 Å². The minimum atomic E-state index is -0.986. The molecule has 2 aromatic carbocycles. The fraction of sp³-hybridized carbons (Fsp3) is 0.410. The minimum Gasteiger partial charge on any atom is -0.423 e. The molecular formula is C39H41FN8O6. The lowest BCUT2D eigenvalue weighted by Gasteiger charge is -2.38. The zero-order valence-electron chi connectivity index (χ0n) is 29.9. The predicted molar refractivity (Wildman–Crippen MR) is 198 cm³/mol. The maximum atomic E-state index is 14.8. The van der Waals surface area contributed by atoms with Crippen LogP contribution in [0.15, 0.2) is 63.9 Å². The fourth-order valence-corrected chi connectivity index (χ4v) is 8.18. The number of halogens is 1. The van der Waals surface area contributed by atoms with Crippen LogP contribution in [0.2, 0.25) is 0 Å². The van der Waals surface area contributed by atoms with Crippen molar-refractivity contribution >= 4 is 57.7 Å². The normalized spacial score (nSPS) is 19.9. The summed E-state index contributed by atoms with van der Waals surface area (Å²) < 4.78 is 20.0. The molecule has 0 aliphatic carbocycles. The van der Waals surface area contributed by atoms with Gasteiger partial charge in [-0.1, -0.05) is 6.07 Å². The van der Waals surface area contributed by atoms with Crippen LogP contribution in [0.3, 0.4) is 0 Å². The summed E-state index contributed by atoms with van der Waals surface area (Å²) in [7, 11) is 2.17. The molecule has 4 aliphatic heterocycles. The molecule has 6 heterocycles. The van der Waals surface area contributed by atoms with Gasteiger partial charge in [0.2, 0.25) is 17.8 Å². The number of nitrogens with zero attached hydrogens (tertiary/aromatic N) is 6. The molecule has 2 N–H and O–H groups in total. The van der Waals surface area contributed by atoms with Crippen LogP contribution in [-0.2, 0) is 9.59 Å². The summed E-state index contributed by atoms with van der Waals surface area (Å²) in [5, 5.41) is 6.00. The van der Waals surface area contributed by atoms with E-state index in [4.69, 9.17) is 4.42 Å². The summed E-state index contributed by atoms with van der Waals surface area (Å²) in [4.78, 5) is 79.1. The van der Waals surface area contributed by atoms with Crippen molar-refractivity contribution in [1.82, 2.24) is 25.1 Å². The Labute approximate surface area is 310 Å². The van der Waals surface area contributed by atoms with Crippen molar-refractivity contribution in [3.63, 3.8) is 0 Å². The number of carbonyl (C=O) groups is 4. The highest BCUT2D eigenvalue weighted by Gasteiger charge is 2.46. The maximum absolute atomic E-state index is 14.8. The molecule has 4 aromatic rings. The van der Waals surface area contributed by atoms with E-state index in [2.05, 4.69) is 42.3 Å². The Balaban J connectivity index is 0.819. The van der Waals surface area contributed by atoms with E-state index in [0.717, 1.165) is 75.4 Å². The van der Waals surface area contributed by atoms with Gasteiger partial charge in [0.05, 0.1) is 23.0 Å². The lowest BCUT2D eigenvalue weighted by atomic mass is 9.92. The van der Waals surface area contributed by atoms with E-state index >= 15 is 0 Å². The number of amides is 4. The van der Waals surface area contributed by atoms with Gasteiger partial charge in [0, 0.05) is 55.8 Å². The predicted octanol–water partition coefficient (Wildman–Crippen LogP) is 4.07. The van der Waals surface area contributed by atoms with Gasteiger partial charge in [0.1, 0.15) is 11.6 Å². The summed E-state index contributed by atoms with van der Waals surface area (Å²) in [6, 6.07) is 12.8. The number of hydrogen-bond acceptors (Lipinski definition) is 12. The highest BCUT2D eigenvalue weighted by molar-refractivity contribution is 6.25. The zero-order valence-corrected chi connectivity index (χ0v) is 29.9. The first kappa shape index (κ1) is 35.3. The number of nitrogens with one attached hydrogen (secondary N) is 2. The number of rotatable bonds is 9. The SMILES string of the molecule is CN(CCC1CCN(c2cccc3c2C(=O)N(C2CCC(=O)NC2=O)C3=O)CC1)C1CCN(c2ncc(F)c(Nc3ccc4oc(=O)ccc4c3)n2)CC1. The summed E-state index contributed by atoms with van der Waals surface area (Å²) in [5.74, 6) is -1.46. The molecule has 3 fully saturated rings. The van der Waals surface area contributed by atoms with Crippen molar-refractivity contribution in [2.75, 3.05) is 54.9 Å². The first-order valence-electron chi connectivity index (χ1n) is 18.5. The van der Waals surface area contributed by atoms with Crippen LogP contribution in [0.5, 0.6) is 0 Å². The number of carbonyl (C=O) groups excluding carboxylic acids is 4. The Kier molecular flexibility index (Phi) is 9.56. The van der Waals surface area contributed by atoms with Gasteiger partial charge in [-0.2, -0.15) is 4.98 Å². The highest BCUT2D eigenvalue weighted by Crippen LogP contribution is 2.36. The van der Waals surface area contributed by atoms with Crippen LogP contribution >= 0.6 is 0 Å². The number of piperidine rings is 3. The summed E-state index contributed by atoms with van der Waals surface area (Å²) >= 11 is 0. The Morgan fingerprint density at radius 2 is 1.70 bits per heavy atom. The Morgan fingerprint density at radius 3 is 2.48 bits per heavy atom. The van der Waals surface area contributed by atoms with Crippen molar-refractivity contribution in [2.24, 2.45) is 5.92 Å². The monoisotopic (exact) mass is 736 g/mol. The standard InChI is InChI=1S/C39H41FN8O6/c1-45(26-14-19-47(20-15-26)39-41-22-28(40)35(44-39)42-25-6-8-31-24(21-25)5-10-33(50)54-31)16-11-23-12-17-46(18-13-23)29-4-2-3-27-34(29)38(53)48(37(27)52)30-7-9-32(49)43-36(30)51/h2-6,8,10,21-23,26,30H,7,9,11-20H2,1H3,(H,41,42,44)(H,43,49,51). The van der Waals surface area contributed by atoms with Crippen molar-refractivity contribution in [3.8, 4) is 0 Å². The molecule has 8 rings (SSSR count). The van der Waals surface area contributed by atoms with Gasteiger partial charge >= 0.3 is 5.63 Å². The van der Waals surface area contributed by atoms with Gasteiger partial charge in [0.15, 0.2) is 11.6 Å². The van der Waals surface area contributed by atoms with E-state index in [0.29, 0.717) is 45.7 Å². The van der Waals surface area contributed by atoms with Crippen LogP contribution in [0.1, 0.15) is 65.7 Å². The number of imide groups is 2. The molecule has 54 heavy (non-hydrogen) atoms. The van der Waals surface area contributed by atoms with Gasteiger partial charge in [-0.25, -0.2) is 14.2 Å². The summed E-state index contributed by atoms with van der Waals surface area (Å²) in [6.07, 6.45) is 6.23. The van der Waals surface area contributed by atoms with Crippen LogP contribution < -0.4 is 26.1 Å². The molecule has 0 saturated carbocycles. The average Bonchev–Trinajstić information content (AvgIpc) is 3.43. The number of aromatic nitrogens is 2. The lowest BCUT2D eigenvalue weighted by molar-refractivity contribution is -0.136. The maximum Gasteiger partial charge on any atom is 0.336 e. The number of benzene rings is 2. The van der Waals surface area contributed by atoms with Crippen LogP contribution in [-0.4, -0.2) is 95.3 Å². The molecule has 0 spiro atoms. The molecule has 15 heteroatoms. The van der Waals surface area contributed by atoms with Gasteiger partial charge in [-0.3, -0.25) is 29.4 Å². The Bertz CT molecular complexity index is 2200. The number of anilines is 4. The van der Waals surface area contributed by atoms with Crippen molar-refractivity contribution in [3.05, 3.63) is 82.1 Å². The number of fused-ring (bicyclic) bond motifs is 2. The average molecular weight is 737 g/mol. The molecule has 3 saturated heterocycles. The molecule has 4 aliphatic rings. The minimum absolute atomic E-state index is 0.0768.